The Morgan fingerprint density at radius 2 is 1.86 bits per heavy atom. The van der Waals surface area contributed by atoms with Gasteiger partial charge in [-0.2, -0.15) is 0 Å². The molecule has 0 radical (unpaired) electrons. The van der Waals surface area contributed by atoms with Crippen molar-refractivity contribution in [2.24, 2.45) is 0 Å². The van der Waals surface area contributed by atoms with Gasteiger partial charge in [-0.3, -0.25) is 4.79 Å². The molecule has 1 aromatic rings. The molecule has 0 saturated carbocycles. The fourth-order valence-electron chi connectivity index (χ4n) is 1.58. The highest BCUT2D eigenvalue weighted by molar-refractivity contribution is 6.08. The van der Waals surface area contributed by atoms with Gasteiger partial charge in [0, 0.05) is 22.9 Å². The van der Waals surface area contributed by atoms with Crippen LogP contribution in [0, 0.1) is 0 Å². The van der Waals surface area contributed by atoms with Crippen molar-refractivity contribution in [3.8, 4) is 11.5 Å². The molecule has 6 heteroatoms. The molecule has 0 aliphatic carbocycles. The van der Waals surface area contributed by atoms with Crippen LogP contribution >= 0.6 is 0 Å². The minimum atomic E-state index is -1.12. The molecule has 0 unspecified atom stereocenters. The van der Waals surface area contributed by atoms with Gasteiger partial charge in [0.15, 0.2) is 11.5 Å². The molecule has 0 heterocycles. The maximum absolute atomic E-state index is 12.0. The van der Waals surface area contributed by atoms with Crippen LogP contribution in [0.3, 0.4) is 0 Å². The van der Waals surface area contributed by atoms with E-state index in [1.54, 1.807) is 18.2 Å². The Kier molecular flexibility index (Phi) is 5.78. The average Bonchev–Trinajstić information content (AvgIpc) is 2.46. The lowest BCUT2D eigenvalue weighted by Crippen LogP contribution is -2.16. The van der Waals surface area contributed by atoms with Gasteiger partial charge < -0.3 is 19.9 Å². The van der Waals surface area contributed by atoms with Crippen molar-refractivity contribution in [2.45, 2.75) is 20.8 Å². The van der Waals surface area contributed by atoms with Crippen LogP contribution < -0.4 is 14.8 Å². The standard InChI is InChI=1S/C15H19NO5/c1-5-21-13-8-11(6-7-12(13)20-4)16-14(17)9(2)10(3)15(18)19/h6-8H,5H2,1-4H3,(H,16,17)(H,18,19). The molecule has 0 fully saturated rings. The van der Waals surface area contributed by atoms with Crippen LogP contribution in [0.2, 0.25) is 0 Å². The Hall–Kier alpha value is -2.50. The van der Waals surface area contributed by atoms with Gasteiger partial charge in [0.1, 0.15) is 0 Å². The maximum Gasteiger partial charge on any atom is 0.331 e. The van der Waals surface area contributed by atoms with Crippen molar-refractivity contribution in [1.82, 2.24) is 0 Å². The van der Waals surface area contributed by atoms with E-state index in [1.807, 2.05) is 6.92 Å². The Balaban J connectivity index is 2.98. The summed E-state index contributed by atoms with van der Waals surface area (Å²) in [5.74, 6) is -0.520. The van der Waals surface area contributed by atoms with E-state index in [2.05, 4.69) is 5.32 Å². The van der Waals surface area contributed by atoms with Crippen LogP contribution in [0.4, 0.5) is 5.69 Å². The Bertz CT molecular complexity index is 577. The zero-order valence-corrected chi connectivity index (χ0v) is 12.5. The van der Waals surface area contributed by atoms with E-state index >= 15 is 0 Å². The number of anilines is 1. The molecule has 1 amide bonds. The quantitative estimate of drug-likeness (QED) is 0.787. The molecule has 0 atom stereocenters. The number of ether oxygens (including phenoxy) is 2. The fourth-order valence-corrected chi connectivity index (χ4v) is 1.58. The number of hydrogen-bond donors (Lipinski definition) is 2. The summed E-state index contributed by atoms with van der Waals surface area (Å²) in [7, 11) is 1.53. The average molecular weight is 293 g/mol. The van der Waals surface area contributed by atoms with E-state index in [-0.39, 0.29) is 11.1 Å². The predicted molar refractivity (Wildman–Crippen MR) is 78.8 cm³/mol. The molecule has 1 aromatic carbocycles. The lowest BCUT2D eigenvalue weighted by Gasteiger charge is -2.12. The topological polar surface area (TPSA) is 84.9 Å². The highest BCUT2D eigenvalue weighted by Crippen LogP contribution is 2.30. The molecule has 21 heavy (non-hydrogen) atoms. The van der Waals surface area contributed by atoms with E-state index in [4.69, 9.17) is 14.6 Å². The van der Waals surface area contributed by atoms with E-state index in [0.717, 1.165) is 0 Å². The smallest absolute Gasteiger partial charge is 0.331 e. The number of carbonyl (C=O) groups is 2. The first-order valence-electron chi connectivity index (χ1n) is 6.43. The summed E-state index contributed by atoms with van der Waals surface area (Å²) in [6.07, 6.45) is 0. The Morgan fingerprint density at radius 1 is 1.19 bits per heavy atom. The van der Waals surface area contributed by atoms with Gasteiger partial charge in [0.25, 0.3) is 5.91 Å². The number of methoxy groups -OCH3 is 1. The van der Waals surface area contributed by atoms with E-state index < -0.39 is 11.9 Å². The largest absolute Gasteiger partial charge is 0.493 e. The second-order valence-corrected chi connectivity index (χ2v) is 4.31. The maximum atomic E-state index is 12.0. The second-order valence-electron chi connectivity index (χ2n) is 4.31. The number of nitrogens with one attached hydrogen (secondary N) is 1. The summed E-state index contributed by atoms with van der Waals surface area (Å²) in [4.78, 5) is 22.8. The molecule has 0 saturated heterocycles. The fraction of sp³-hybridized carbons (Fsp3) is 0.333. The van der Waals surface area contributed by atoms with Gasteiger partial charge in [-0.05, 0) is 32.9 Å². The van der Waals surface area contributed by atoms with E-state index in [1.165, 1.54) is 21.0 Å². The summed E-state index contributed by atoms with van der Waals surface area (Å²) < 4.78 is 10.6. The van der Waals surface area contributed by atoms with Crippen LogP contribution in [-0.2, 0) is 9.59 Å². The number of carboxylic acid groups (broad SMARTS) is 1. The van der Waals surface area contributed by atoms with Crippen LogP contribution in [0.25, 0.3) is 0 Å². The third-order valence-electron chi connectivity index (χ3n) is 2.95. The summed E-state index contributed by atoms with van der Waals surface area (Å²) >= 11 is 0. The highest BCUT2D eigenvalue weighted by atomic mass is 16.5. The first-order chi connectivity index (χ1) is 9.90. The zero-order chi connectivity index (χ0) is 16.0. The molecule has 114 valence electrons. The molecular weight excluding hydrogens is 274 g/mol. The molecule has 6 nitrogen and oxygen atoms in total. The van der Waals surface area contributed by atoms with Crippen LogP contribution in [-0.4, -0.2) is 30.7 Å². The monoisotopic (exact) mass is 293 g/mol. The van der Waals surface area contributed by atoms with E-state index in [0.29, 0.717) is 23.8 Å². The summed E-state index contributed by atoms with van der Waals surface area (Å²) in [6, 6.07) is 4.95. The van der Waals surface area contributed by atoms with Crippen LogP contribution in [0.5, 0.6) is 11.5 Å². The first kappa shape index (κ1) is 16.6. The molecular formula is C15H19NO5. The van der Waals surface area contributed by atoms with Crippen molar-refractivity contribution in [1.29, 1.82) is 0 Å². The first-order valence-corrected chi connectivity index (χ1v) is 6.43. The number of benzene rings is 1. The van der Waals surface area contributed by atoms with Crippen molar-refractivity contribution >= 4 is 17.6 Å². The van der Waals surface area contributed by atoms with Crippen LogP contribution in [0.15, 0.2) is 29.3 Å². The second kappa shape index (κ2) is 7.33. The normalized spacial score (nSPS) is 11.4. The number of rotatable bonds is 6. The number of aliphatic carboxylic acids is 1. The van der Waals surface area contributed by atoms with E-state index in [9.17, 15) is 9.59 Å². The number of amides is 1. The van der Waals surface area contributed by atoms with Crippen molar-refractivity contribution in [3.05, 3.63) is 29.3 Å². The molecule has 0 spiro atoms. The predicted octanol–water partition coefficient (Wildman–Crippen LogP) is 2.45. The lowest BCUT2D eigenvalue weighted by molar-refractivity contribution is -0.133. The van der Waals surface area contributed by atoms with Crippen molar-refractivity contribution in [3.63, 3.8) is 0 Å². The molecule has 2 N–H and O–H groups in total. The van der Waals surface area contributed by atoms with Gasteiger partial charge in [-0.25, -0.2) is 4.79 Å². The van der Waals surface area contributed by atoms with Gasteiger partial charge in [-0.15, -0.1) is 0 Å². The third-order valence-corrected chi connectivity index (χ3v) is 2.95. The lowest BCUT2D eigenvalue weighted by atomic mass is 10.1. The Morgan fingerprint density at radius 3 is 2.38 bits per heavy atom. The molecule has 0 aliphatic heterocycles. The number of carboxylic acids is 1. The molecule has 0 aromatic heterocycles. The minimum absolute atomic E-state index is 0.00560. The van der Waals surface area contributed by atoms with Gasteiger partial charge in [-0.1, -0.05) is 0 Å². The van der Waals surface area contributed by atoms with Gasteiger partial charge in [0.05, 0.1) is 13.7 Å². The van der Waals surface area contributed by atoms with Crippen molar-refractivity contribution in [2.75, 3.05) is 19.0 Å². The Labute approximate surface area is 123 Å². The third kappa shape index (κ3) is 4.24. The highest BCUT2D eigenvalue weighted by Gasteiger charge is 2.14. The summed E-state index contributed by atoms with van der Waals surface area (Å²) in [6.45, 7) is 5.15. The zero-order valence-electron chi connectivity index (χ0n) is 12.5. The number of hydrogen-bond acceptors (Lipinski definition) is 4. The van der Waals surface area contributed by atoms with Crippen LogP contribution in [0.1, 0.15) is 20.8 Å². The molecule has 0 bridgehead atoms. The van der Waals surface area contributed by atoms with Crippen molar-refractivity contribution < 1.29 is 24.2 Å². The molecule has 0 aliphatic rings. The minimum Gasteiger partial charge on any atom is -0.493 e. The SMILES string of the molecule is CCOc1cc(NC(=O)C(C)=C(C)C(=O)O)ccc1OC. The summed E-state index contributed by atoms with van der Waals surface area (Å²) in [5, 5.41) is 11.5. The van der Waals surface area contributed by atoms with Gasteiger partial charge in [0.2, 0.25) is 0 Å². The molecule has 1 rings (SSSR count). The summed E-state index contributed by atoms with van der Waals surface area (Å²) in [5.41, 5.74) is 0.657. The van der Waals surface area contributed by atoms with Gasteiger partial charge >= 0.3 is 5.97 Å². The number of carbonyl (C=O) groups excluding carboxylic acids is 1.